The fourth-order valence-corrected chi connectivity index (χ4v) is 3.15. The molecular weight excluding hydrogens is 214 g/mol. The molecule has 2 fully saturated rings. The van der Waals surface area contributed by atoms with Gasteiger partial charge in [-0.05, 0) is 40.0 Å². The highest BCUT2D eigenvalue weighted by Gasteiger charge is 2.40. The van der Waals surface area contributed by atoms with Crippen molar-refractivity contribution in [2.24, 2.45) is 0 Å². The first-order valence-electron chi connectivity index (χ1n) is 6.65. The predicted octanol–water partition coefficient (Wildman–Crippen LogP) is 1.07. The highest BCUT2D eigenvalue weighted by Crippen LogP contribution is 2.28. The van der Waals surface area contributed by atoms with Crippen molar-refractivity contribution in [3.8, 4) is 0 Å². The van der Waals surface area contributed by atoms with Crippen LogP contribution in [0.15, 0.2) is 0 Å². The number of hydrogen-bond donors (Lipinski definition) is 2. The fraction of sp³-hybridized carbons (Fsp3) is 0.923. The second-order valence-electron chi connectivity index (χ2n) is 6.43. The van der Waals surface area contributed by atoms with Gasteiger partial charge in [-0.2, -0.15) is 0 Å². The Balaban J connectivity index is 1.98. The van der Waals surface area contributed by atoms with Crippen LogP contribution in [0, 0.1) is 0 Å². The maximum atomic E-state index is 11.6. The summed E-state index contributed by atoms with van der Waals surface area (Å²) in [6, 6.07) is 1.44. The van der Waals surface area contributed by atoms with Crippen molar-refractivity contribution in [3.05, 3.63) is 0 Å². The van der Waals surface area contributed by atoms with Gasteiger partial charge in [-0.1, -0.05) is 0 Å². The van der Waals surface area contributed by atoms with Crippen molar-refractivity contribution in [3.63, 3.8) is 0 Å². The SMILES string of the molecule is CC(=O)N1CN[C@H]2CC[C@@H](NC(C)(C)C)C[C@H]21. The third-order valence-corrected chi connectivity index (χ3v) is 3.78. The first kappa shape index (κ1) is 12.8. The van der Waals surface area contributed by atoms with E-state index in [-0.39, 0.29) is 11.4 Å². The van der Waals surface area contributed by atoms with Crippen LogP contribution in [-0.4, -0.2) is 41.1 Å². The monoisotopic (exact) mass is 239 g/mol. The highest BCUT2D eigenvalue weighted by atomic mass is 16.2. The van der Waals surface area contributed by atoms with Gasteiger partial charge in [0, 0.05) is 30.6 Å². The van der Waals surface area contributed by atoms with Crippen LogP contribution in [0.1, 0.15) is 47.0 Å². The topological polar surface area (TPSA) is 44.4 Å². The van der Waals surface area contributed by atoms with Crippen LogP contribution in [0.25, 0.3) is 0 Å². The van der Waals surface area contributed by atoms with Gasteiger partial charge in [-0.25, -0.2) is 0 Å². The van der Waals surface area contributed by atoms with Gasteiger partial charge in [0.1, 0.15) is 0 Å². The fourth-order valence-electron chi connectivity index (χ4n) is 3.15. The smallest absolute Gasteiger partial charge is 0.220 e. The number of hydrogen-bond acceptors (Lipinski definition) is 3. The van der Waals surface area contributed by atoms with Crippen LogP contribution in [-0.2, 0) is 4.79 Å². The lowest BCUT2D eigenvalue weighted by atomic mass is 9.86. The van der Waals surface area contributed by atoms with Gasteiger partial charge in [0.2, 0.25) is 5.91 Å². The van der Waals surface area contributed by atoms with E-state index in [1.807, 2.05) is 4.90 Å². The molecular formula is C13H25N3O. The molecule has 4 heteroatoms. The molecule has 98 valence electrons. The molecule has 1 amide bonds. The van der Waals surface area contributed by atoms with Crippen LogP contribution < -0.4 is 10.6 Å². The van der Waals surface area contributed by atoms with Crippen molar-refractivity contribution >= 4 is 5.91 Å². The van der Waals surface area contributed by atoms with E-state index in [0.29, 0.717) is 18.1 Å². The normalized spacial score (nSPS) is 33.6. The molecule has 0 unspecified atom stereocenters. The van der Waals surface area contributed by atoms with Gasteiger partial charge in [-0.3, -0.25) is 10.1 Å². The van der Waals surface area contributed by atoms with E-state index in [9.17, 15) is 4.79 Å². The Hall–Kier alpha value is -0.610. The largest absolute Gasteiger partial charge is 0.326 e. The number of rotatable bonds is 1. The minimum Gasteiger partial charge on any atom is -0.326 e. The first-order chi connectivity index (χ1) is 7.87. The molecule has 1 aliphatic carbocycles. The maximum absolute atomic E-state index is 11.6. The van der Waals surface area contributed by atoms with Gasteiger partial charge in [0.05, 0.1) is 6.67 Å². The number of carbonyl (C=O) groups excluding carboxylic acids is 1. The molecule has 0 aromatic heterocycles. The Bertz CT molecular complexity index is 298. The van der Waals surface area contributed by atoms with Gasteiger partial charge in [0.25, 0.3) is 0 Å². The molecule has 2 N–H and O–H groups in total. The summed E-state index contributed by atoms with van der Waals surface area (Å²) in [4.78, 5) is 13.5. The first-order valence-corrected chi connectivity index (χ1v) is 6.65. The Morgan fingerprint density at radius 1 is 1.35 bits per heavy atom. The second-order valence-corrected chi connectivity index (χ2v) is 6.43. The van der Waals surface area contributed by atoms with Crippen LogP contribution in [0.5, 0.6) is 0 Å². The standard InChI is InChI=1S/C13H25N3O/c1-9(17)16-8-14-11-6-5-10(7-12(11)16)15-13(2,3)4/h10-12,14-15H,5-8H2,1-4H3/t10-,11+,12-/m1/s1. The zero-order valence-electron chi connectivity index (χ0n) is 11.4. The molecule has 1 saturated heterocycles. The van der Waals surface area contributed by atoms with Crippen LogP contribution in [0.2, 0.25) is 0 Å². The summed E-state index contributed by atoms with van der Waals surface area (Å²) in [7, 11) is 0. The molecule has 2 aliphatic rings. The summed E-state index contributed by atoms with van der Waals surface area (Å²) in [6.07, 6.45) is 3.45. The molecule has 1 saturated carbocycles. The van der Waals surface area contributed by atoms with Crippen LogP contribution in [0.3, 0.4) is 0 Å². The van der Waals surface area contributed by atoms with E-state index in [0.717, 1.165) is 13.1 Å². The summed E-state index contributed by atoms with van der Waals surface area (Å²) in [5.74, 6) is 0.196. The van der Waals surface area contributed by atoms with E-state index >= 15 is 0 Å². The van der Waals surface area contributed by atoms with Crippen molar-refractivity contribution in [2.75, 3.05) is 6.67 Å². The Labute approximate surface area is 104 Å². The molecule has 0 aromatic carbocycles. The number of fused-ring (bicyclic) bond motifs is 1. The van der Waals surface area contributed by atoms with Gasteiger partial charge in [-0.15, -0.1) is 0 Å². The third-order valence-electron chi connectivity index (χ3n) is 3.78. The quantitative estimate of drug-likeness (QED) is 0.719. The predicted molar refractivity (Wildman–Crippen MR) is 68.6 cm³/mol. The lowest BCUT2D eigenvalue weighted by molar-refractivity contribution is -0.130. The Morgan fingerprint density at radius 2 is 2.06 bits per heavy atom. The van der Waals surface area contributed by atoms with Gasteiger partial charge < -0.3 is 10.2 Å². The van der Waals surface area contributed by atoms with E-state index in [4.69, 9.17) is 0 Å². The molecule has 4 nitrogen and oxygen atoms in total. The molecule has 0 bridgehead atoms. The van der Waals surface area contributed by atoms with Crippen LogP contribution >= 0.6 is 0 Å². The van der Waals surface area contributed by atoms with Gasteiger partial charge >= 0.3 is 0 Å². The maximum Gasteiger partial charge on any atom is 0.220 e. The zero-order chi connectivity index (χ0) is 12.6. The summed E-state index contributed by atoms with van der Waals surface area (Å²) in [5, 5.41) is 7.12. The van der Waals surface area contributed by atoms with E-state index in [1.54, 1.807) is 6.92 Å². The third kappa shape index (κ3) is 2.99. The zero-order valence-corrected chi connectivity index (χ0v) is 11.4. The molecule has 17 heavy (non-hydrogen) atoms. The van der Waals surface area contributed by atoms with Crippen LogP contribution in [0.4, 0.5) is 0 Å². The summed E-state index contributed by atoms with van der Waals surface area (Å²) in [5.41, 5.74) is 0.157. The molecule has 0 radical (unpaired) electrons. The molecule has 2 rings (SSSR count). The van der Waals surface area contributed by atoms with Crippen molar-refractivity contribution in [1.82, 2.24) is 15.5 Å². The average Bonchev–Trinajstić information content (AvgIpc) is 2.57. The summed E-state index contributed by atoms with van der Waals surface area (Å²) in [6.45, 7) is 9.01. The lowest BCUT2D eigenvalue weighted by Crippen LogP contribution is -2.52. The summed E-state index contributed by atoms with van der Waals surface area (Å²) < 4.78 is 0. The minimum absolute atomic E-state index is 0.157. The van der Waals surface area contributed by atoms with Gasteiger partial charge in [0.15, 0.2) is 0 Å². The average molecular weight is 239 g/mol. The highest BCUT2D eigenvalue weighted by molar-refractivity contribution is 5.74. The Kier molecular flexibility index (Phi) is 3.46. The van der Waals surface area contributed by atoms with E-state index in [1.165, 1.54) is 12.8 Å². The molecule has 0 aromatic rings. The Morgan fingerprint density at radius 3 is 2.65 bits per heavy atom. The van der Waals surface area contributed by atoms with E-state index in [2.05, 4.69) is 31.4 Å². The number of carbonyl (C=O) groups is 1. The minimum atomic E-state index is 0.157. The number of nitrogens with one attached hydrogen (secondary N) is 2. The molecule has 1 aliphatic heterocycles. The lowest BCUT2D eigenvalue weighted by Gasteiger charge is -2.38. The van der Waals surface area contributed by atoms with E-state index < -0.39 is 0 Å². The second kappa shape index (κ2) is 4.58. The van der Waals surface area contributed by atoms with Crippen molar-refractivity contribution in [2.45, 2.75) is 70.6 Å². The number of amides is 1. The molecule has 1 heterocycles. The molecule has 3 atom stereocenters. The van der Waals surface area contributed by atoms with Crippen molar-refractivity contribution in [1.29, 1.82) is 0 Å². The molecule has 0 spiro atoms. The van der Waals surface area contributed by atoms with Crippen molar-refractivity contribution < 1.29 is 4.79 Å². The summed E-state index contributed by atoms with van der Waals surface area (Å²) >= 11 is 0. The number of nitrogens with zero attached hydrogens (tertiary/aromatic N) is 1.